The van der Waals surface area contributed by atoms with Crippen LogP contribution in [0.3, 0.4) is 0 Å². The average Bonchev–Trinajstić information content (AvgIpc) is 2.29. The lowest BCUT2D eigenvalue weighted by molar-refractivity contribution is 0.483. The lowest BCUT2D eigenvalue weighted by atomic mass is 10.1. The second-order valence-electron chi connectivity index (χ2n) is 3.37. The van der Waals surface area contributed by atoms with E-state index >= 15 is 0 Å². The summed E-state index contributed by atoms with van der Waals surface area (Å²) in [6, 6.07) is 15.6. The standard InChI is InChI=1S/C12H10O3S.H2O/c13-16(14,15)12-8-4-7-11(9-12)10-5-2-1-3-6-10;/h1-9H,(H,13,14,15);1H2. The molecule has 0 unspecified atom stereocenters. The highest BCUT2D eigenvalue weighted by molar-refractivity contribution is 7.85. The monoisotopic (exact) mass is 252 g/mol. The van der Waals surface area contributed by atoms with Crippen molar-refractivity contribution in [2.24, 2.45) is 0 Å². The first kappa shape index (κ1) is 13.4. The molecular weight excluding hydrogens is 240 g/mol. The fourth-order valence-corrected chi connectivity index (χ4v) is 1.99. The van der Waals surface area contributed by atoms with Gasteiger partial charge in [-0.2, -0.15) is 8.42 Å². The third-order valence-electron chi connectivity index (χ3n) is 2.24. The molecule has 2 rings (SSSR count). The molecule has 0 bridgehead atoms. The van der Waals surface area contributed by atoms with Gasteiger partial charge in [0.15, 0.2) is 0 Å². The molecule has 0 aliphatic rings. The first-order chi connectivity index (χ1) is 7.57. The average molecular weight is 252 g/mol. The summed E-state index contributed by atoms with van der Waals surface area (Å²) in [6.45, 7) is 0. The van der Waals surface area contributed by atoms with Crippen molar-refractivity contribution >= 4 is 10.1 Å². The Balaban J connectivity index is 0.00000144. The van der Waals surface area contributed by atoms with Crippen LogP contribution in [0.2, 0.25) is 0 Å². The van der Waals surface area contributed by atoms with Crippen molar-refractivity contribution in [1.82, 2.24) is 0 Å². The van der Waals surface area contributed by atoms with E-state index in [1.54, 1.807) is 12.1 Å². The highest BCUT2D eigenvalue weighted by Crippen LogP contribution is 2.21. The van der Waals surface area contributed by atoms with Crippen LogP contribution in [0.25, 0.3) is 11.1 Å². The molecule has 0 aromatic heterocycles. The normalized spacial score (nSPS) is 10.6. The van der Waals surface area contributed by atoms with Crippen molar-refractivity contribution < 1.29 is 18.4 Å². The molecule has 2 aromatic rings. The smallest absolute Gasteiger partial charge is 0.294 e. The van der Waals surface area contributed by atoms with E-state index in [-0.39, 0.29) is 10.4 Å². The summed E-state index contributed by atoms with van der Waals surface area (Å²) in [5.41, 5.74) is 1.67. The van der Waals surface area contributed by atoms with Crippen LogP contribution >= 0.6 is 0 Å². The molecule has 5 heteroatoms. The van der Waals surface area contributed by atoms with Crippen LogP contribution in [-0.2, 0) is 10.1 Å². The highest BCUT2D eigenvalue weighted by Gasteiger charge is 2.09. The molecule has 17 heavy (non-hydrogen) atoms. The lowest BCUT2D eigenvalue weighted by Crippen LogP contribution is -1.97. The molecule has 4 nitrogen and oxygen atoms in total. The zero-order chi connectivity index (χ0) is 11.6. The van der Waals surface area contributed by atoms with E-state index in [4.69, 9.17) is 4.55 Å². The van der Waals surface area contributed by atoms with Crippen molar-refractivity contribution in [2.75, 3.05) is 0 Å². The van der Waals surface area contributed by atoms with Gasteiger partial charge in [-0.1, -0.05) is 42.5 Å². The van der Waals surface area contributed by atoms with Crippen molar-refractivity contribution in [1.29, 1.82) is 0 Å². The lowest BCUT2D eigenvalue weighted by Gasteiger charge is -2.03. The van der Waals surface area contributed by atoms with Crippen molar-refractivity contribution in [3.8, 4) is 11.1 Å². The van der Waals surface area contributed by atoms with Crippen LogP contribution in [-0.4, -0.2) is 18.4 Å². The topological polar surface area (TPSA) is 85.9 Å². The van der Waals surface area contributed by atoms with Gasteiger partial charge < -0.3 is 5.48 Å². The van der Waals surface area contributed by atoms with E-state index < -0.39 is 10.1 Å². The molecule has 0 atom stereocenters. The van der Waals surface area contributed by atoms with Crippen molar-refractivity contribution in [3.63, 3.8) is 0 Å². The minimum Gasteiger partial charge on any atom is -0.412 e. The summed E-state index contributed by atoms with van der Waals surface area (Å²) >= 11 is 0. The first-order valence-corrected chi connectivity index (χ1v) is 6.14. The number of hydrogen-bond donors (Lipinski definition) is 1. The number of rotatable bonds is 2. The molecule has 0 amide bonds. The predicted molar refractivity (Wildman–Crippen MR) is 65.3 cm³/mol. The molecule has 0 saturated heterocycles. The Kier molecular flexibility index (Phi) is 4.01. The first-order valence-electron chi connectivity index (χ1n) is 4.70. The minimum atomic E-state index is -4.13. The molecule has 0 spiro atoms. The van der Waals surface area contributed by atoms with Gasteiger partial charge in [0, 0.05) is 0 Å². The fraction of sp³-hybridized carbons (Fsp3) is 0. The zero-order valence-corrected chi connectivity index (χ0v) is 9.68. The Bertz CT molecular complexity index is 591. The maximum atomic E-state index is 11.0. The molecule has 0 fully saturated rings. The maximum absolute atomic E-state index is 11.0. The van der Waals surface area contributed by atoms with Gasteiger partial charge in [-0.3, -0.25) is 4.55 Å². The SMILES string of the molecule is O.O=S(=O)(O)c1cccc(-c2ccccc2)c1. The summed E-state index contributed by atoms with van der Waals surface area (Å²) in [4.78, 5) is -0.0890. The van der Waals surface area contributed by atoms with E-state index in [0.717, 1.165) is 11.1 Å². The Hall–Kier alpha value is -1.69. The summed E-state index contributed by atoms with van der Waals surface area (Å²) in [6.07, 6.45) is 0. The second-order valence-corrected chi connectivity index (χ2v) is 4.79. The molecule has 0 heterocycles. The highest BCUT2D eigenvalue weighted by atomic mass is 32.2. The van der Waals surface area contributed by atoms with Gasteiger partial charge in [-0.15, -0.1) is 0 Å². The van der Waals surface area contributed by atoms with Crippen LogP contribution in [0.15, 0.2) is 59.5 Å². The van der Waals surface area contributed by atoms with Crippen LogP contribution in [0, 0.1) is 0 Å². The summed E-state index contributed by atoms with van der Waals surface area (Å²) < 4.78 is 30.9. The van der Waals surface area contributed by atoms with E-state index in [0.29, 0.717) is 0 Å². The Morgan fingerprint density at radius 3 is 2.00 bits per heavy atom. The summed E-state index contributed by atoms with van der Waals surface area (Å²) in [5, 5.41) is 0. The molecule has 90 valence electrons. The fourth-order valence-electron chi connectivity index (χ4n) is 1.47. The summed E-state index contributed by atoms with van der Waals surface area (Å²) in [5.74, 6) is 0. The van der Waals surface area contributed by atoms with Crippen LogP contribution in [0.4, 0.5) is 0 Å². The third-order valence-corrected chi connectivity index (χ3v) is 3.09. The van der Waals surface area contributed by atoms with Gasteiger partial charge in [-0.25, -0.2) is 0 Å². The van der Waals surface area contributed by atoms with Gasteiger partial charge >= 0.3 is 0 Å². The Morgan fingerprint density at radius 1 is 0.824 bits per heavy atom. The van der Waals surface area contributed by atoms with Gasteiger partial charge in [0.25, 0.3) is 10.1 Å². The molecule has 0 aliphatic carbocycles. The van der Waals surface area contributed by atoms with Crippen LogP contribution in [0.1, 0.15) is 0 Å². The molecule has 0 radical (unpaired) electrons. The second kappa shape index (κ2) is 5.09. The van der Waals surface area contributed by atoms with E-state index in [1.807, 2.05) is 30.3 Å². The zero-order valence-electron chi connectivity index (χ0n) is 8.87. The minimum absolute atomic E-state index is 0. The third kappa shape index (κ3) is 3.13. The van der Waals surface area contributed by atoms with Gasteiger partial charge in [-0.05, 0) is 23.3 Å². The predicted octanol–water partition coefficient (Wildman–Crippen LogP) is 1.78. The quantitative estimate of drug-likeness (QED) is 0.826. The molecule has 2 aromatic carbocycles. The maximum Gasteiger partial charge on any atom is 0.294 e. The van der Waals surface area contributed by atoms with E-state index in [1.165, 1.54) is 12.1 Å². The van der Waals surface area contributed by atoms with Crippen LogP contribution < -0.4 is 0 Å². The summed E-state index contributed by atoms with van der Waals surface area (Å²) in [7, 11) is -4.13. The van der Waals surface area contributed by atoms with E-state index in [9.17, 15) is 8.42 Å². The molecule has 3 N–H and O–H groups in total. The van der Waals surface area contributed by atoms with Crippen LogP contribution in [0.5, 0.6) is 0 Å². The molecule has 0 saturated carbocycles. The number of hydrogen-bond acceptors (Lipinski definition) is 2. The Labute approximate surface area is 99.6 Å². The largest absolute Gasteiger partial charge is 0.412 e. The van der Waals surface area contributed by atoms with Gasteiger partial charge in [0.05, 0.1) is 4.90 Å². The van der Waals surface area contributed by atoms with Crippen molar-refractivity contribution in [3.05, 3.63) is 54.6 Å². The van der Waals surface area contributed by atoms with E-state index in [2.05, 4.69) is 0 Å². The molecular formula is C12H12O4S. The Morgan fingerprint density at radius 2 is 1.41 bits per heavy atom. The number of benzene rings is 2. The van der Waals surface area contributed by atoms with Gasteiger partial charge in [0.2, 0.25) is 0 Å². The van der Waals surface area contributed by atoms with Gasteiger partial charge in [0.1, 0.15) is 0 Å². The van der Waals surface area contributed by atoms with Crippen molar-refractivity contribution in [2.45, 2.75) is 4.90 Å². The molecule has 0 aliphatic heterocycles.